The third-order valence-electron chi connectivity index (χ3n) is 1.85. The predicted octanol–water partition coefficient (Wildman–Crippen LogP) is -2.97. The smallest absolute Gasteiger partial charge is 0.110 e. The zero-order valence-electron chi connectivity index (χ0n) is 6.01. The Morgan fingerprint density at radius 3 is 1.55 bits per heavy atom. The highest BCUT2D eigenvalue weighted by Gasteiger charge is 2.32. The monoisotopic (exact) mass is 163 g/mol. The van der Waals surface area contributed by atoms with E-state index in [-0.39, 0.29) is 13.1 Å². The van der Waals surface area contributed by atoms with E-state index in [1.165, 1.54) is 0 Å². The minimum Gasteiger partial charge on any atom is -0.389 e. The van der Waals surface area contributed by atoms with Crippen molar-refractivity contribution in [1.82, 2.24) is 5.32 Å². The molecule has 0 radical (unpaired) electrons. The fourth-order valence-electron chi connectivity index (χ4n) is 1.08. The van der Waals surface area contributed by atoms with E-state index in [4.69, 9.17) is 20.4 Å². The summed E-state index contributed by atoms with van der Waals surface area (Å²) in [5, 5.41) is 39.0. The van der Waals surface area contributed by atoms with Gasteiger partial charge in [-0.1, -0.05) is 0 Å². The molecule has 1 aliphatic heterocycles. The third-order valence-corrected chi connectivity index (χ3v) is 1.85. The summed E-state index contributed by atoms with van der Waals surface area (Å²) in [6, 6.07) is 0. The van der Waals surface area contributed by atoms with Crippen LogP contribution in [0.5, 0.6) is 0 Å². The van der Waals surface area contributed by atoms with Crippen molar-refractivity contribution in [3.8, 4) is 0 Å². The van der Waals surface area contributed by atoms with Crippen LogP contribution in [-0.2, 0) is 0 Å². The van der Waals surface area contributed by atoms with Gasteiger partial charge in [0.15, 0.2) is 0 Å². The molecule has 11 heavy (non-hydrogen) atoms. The molecule has 0 amide bonds. The molecule has 4 atom stereocenters. The molecule has 5 heteroatoms. The number of nitrogens with one attached hydrogen (secondary N) is 1. The lowest BCUT2D eigenvalue weighted by atomic mass is 10.1. The van der Waals surface area contributed by atoms with Crippen molar-refractivity contribution in [1.29, 1.82) is 0 Å². The number of aliphatic hydroxyl groups is 4. The molecule has 5 N–H and O–H groups in total. The van der Waals surface area contributed by atoms with E-state index in [0.717, 1.165) is 0 Å². The minimum atomic E-state index is -1.26. The van der Waals surface area contributed by atoms with Gasteiger partial charge in [-0.05, 0) is 0 Å². The van der Waals surface area contributed by atoms with Crippen molar-refractivity contribution in [3.63, 3.8) is 0 Å². The van der Waals surface area contributed by atoms with Crippen LogP contribution in [0.1, 0.15) is 0 Å². The molecule has 1 saturated heterocycles. The summed E-state index contributed by atoms with van der Waals surface area (Å²) in [5.74, 6) is 0. The number of hydrogen-bond donors (Lipinski definition) is 5. The second kappa shape index (κ2) is 3.46. The molecule has 1 rings (SSSR count). The Bertz CT molecular complexity index is 118. The predicted molar refractivity (Wildman–Crippen MR) is 36.9 cm³/mol. The van der Waals surface area contributed by atoms with Crippen LogP contribution in [0.2, 0.25) is 0 Å². The molecule has 0 unspecified atom stereocenters. The van der Waals surface area contributed by atoms with Crippen molar-refractivity contribution in [2.45, 2.75) is 24.4 Å². The molecular formula is C6H13NO4. The first-order chi connectivity index (χ1) is 5.13. The van der Waals surface area contributed by atoms with Gasteiger partial charge in [0.25, 0.3) is 0 Å². The quantitative estimate of drug-likeness (QED) is 0.263. The SMILES string of the molecule is O[C@@H]1[C@@H](O)[C@@H](O)CNC[C@@H]1O. The van der Waals surface area contributed by atoms with Crippen LogP contribution in [0, 0.1) is 0 Å². The Hall–Kier alpha value is -0.200. The van der Waals surface area contributed by atoms with Crippen molar-refractivity contribution >= 4 is 0 Å². The maximum absolute atomic E-state index is 9.10. The van der Waals surface area contributed by atoms with Crippen molar-refractivity contribution < 1.29 is 20.4 Å². The van der Waals surface area contributed by atoms with Crippen LogP contribution < -0.4 is 5.32 Å². The van der Waals surface area contributed by atoms with Crippen molar-refractivity contribution in [3.05, 3.63) is 0 Å². The van der Waals surface area contributed by atoms with Crippen LogP contribution in [0.4, 0.5) is 0 Å². The van der Waals surface area contributed by atoms with Gasteiger partial charge in [-0.15, -0.1) is 0 Å². The summed E-state index contributed by atoms with van der Waals surface area (Å²) in [4.78, 5) is 0. The van der Waals surface area contributed by atoms with Gasteiger partial charge < -0.3 is 25.7 Å². The molecule has 0 bridgehead atoms. The van der Waals surface area contributed by atoms with Crippen molar-refractivity contribution in [2.75, 3.05) is 13.1 Å². The van der Waals surface area contributed by atoms with E-state index in [1.807, 2.05) is 0 Å². The lowest BCUT2D eigenvalue weighted by Crippen LogP contribution is -2.43. The maximum atomic E-state index is 9.10. The Balaban J connectivity index is 2.58. The summed E-state index contributed by atoms with van der Waals surface area (Å²) in [6.45, 7) is 0.380. The minimum absolute atomic E-state index is 0.190. The summed E-state index contributed by atoms with van der Waals surface area (Å²) in [7, 11) is 0. The highest BCUT2D eigenvalue weighted by atomic mass is 16.4. The average Bonchev–Trinajstić information content (AvgIpc) is 2.07. The molecule has 66 valence electrons. The van der Waals surface area contributed by atoms with Crippen LogP contribution in [0.3, 0.4) is 0 Å². The Labute approximate surface area is 64.3 Å². The molecule has 0 aromatic rings. The van der Waals surface area contributed by atoms with E-state index in [9.17, 15) is 0 Å². The van der Waals surface area contributed by atoms with E-state index in [0.29, 0.717) is 0 Å². The Kier molecular flexibility index (Phi) is 2.80. The number of aliphatic hydroxyl groups excluding tert-OH is 4. The molecule has 0 aliphatic carbocycles. The maximum Gasteiger partial charge on any atom is 0.110 e. The number of hydrogen-bond acceptors (Lipinski definition) is 5. The largest absolute Gasteiger partial charge is 0.389 e. The molecule has 0 saturated carbocycles. The molecule has 0 spiro atoms. The highest BCUT2D eigenvalue weighted by Crippen LogP contribution is 2.07. The molecule has 0 aromatic carbocycles. The molecule has 1 fully saturated rings. The van der Waals surface area contributed by atoms with Gasteiger partial charge in [0.2, 0.25) is 0 Å². The van der Waals surface area contributed by atoms with Gasteiger partial charge in [-0.3, -0.25) is 0 Å². The molecule has 1 heterocycles. The van der Waals surface area contributed by atoms with Gasteiger partial charge in [-0.25, -0.2) is 0 Å². The zero-order valence-corrected chi connectivity index (χ0v) is 6.01. The first kappa shape index (κ1) is 8.89. The van der Waals surface area contributed by atoms with Crippen LogP contribution in [-0.4, -0.2) is 57.9 Å². The lowest BCUT2D eigenvalue weighted by Gasteiger charge is -2.21. The Morgan fingerprint density at radius 2 is 1.18 bits per heavy atom. The number of β-amino-alcohol motifs (C(OH)–C–C–N with tert-alkyl or cyclic N) is 2. The normalized spacial score (nSPS) is 46.9. The van der Waals surface area contributed by atoms with Gasteiger partial charge in [-0.2, -0.15) is 0 Å². The van der Waals surface area contributed by atoms with E-state index in [2.05, 4.69) is 5.32 Å². The van der Waals surface area contributed by atoms with Crippen molar-refractivity contribution in [2.24, 2.45) is 0 Å². The van der Waals surface area contributed by atoms with Crippen LogP contribution in [0.15, 0.2) is 0 Å². The summed E-state index contributed by atoms with van der Waals surface area (Å²) >= 11 is 0. The van der Waals surface area contributed by atoms with Gasteiger partial charge in [0.1, 0.15) is 12.2 Å². The number of rotatable bonds is 0. The molecule has 1 aliphatic rings. The molecule has 5 nitrogen and oxygen atoms in total. The second-order valence-corrected chi connectivity index (χ2v) is 2.77. The van der Waals surface area contributed by atoms with Gasteiger partial charge >= 0.3 is 0 Å². The lowest BCUT2D eigenvalue weighted by molar-refractivity contribution is -0.0894. The summed E-state index contributed by atoms with van der Waals surface area (Å²) in [5.41, 5.74) is 0. The van der Waals surface area contributed by atoms with E-state index >= 15 is 0 Å². The fourth-order valence-corrected chi connectivity index (χ4v) is 1.08. The standard InChI is InChI=1S/C6H13NO4/c8-3-1-7-2-4(9)6(11)5(3)10/h3-11H,1-2H2/t3-,4-,5-,6-/m0/s1. The second-order valence-electron chi connectivity index (χ2n) is 2.77. The molecular weight excluding hydrogens is 150 g/mol. The van der Waals surface area contributed by atoms with Crippen LogP contribution in [0.25, 0.3) is 0 Å². The summed E-state index contributed by atoms with van der Waals surface area (Å²) < 4.78 is 0. The topological polar surface area (TPSA) is 93.0 Å². The fraction of sp³-hybridized carbons (Fsp3) is 1.00. The Morgan fingerprint density at radius 1 is 0.818 bits per heavy atom. The van der Waals surface area contributed by atoms with E-state index in [1.54, 1.807) is 0 Å². The first-order valence-electron chi connectivity index (χ1n) is 3.56. The molecule has 0 aromatic heterocycles. The zero-order chi connectivity index (χ0) is 8.43. The first-order valence-corrected chi connectivity index (χ1v) is 3.56. The van der Waals surface area contributed by atoms with E-state index < -0.39 is 24.4 Å². The third kappa shape index (κ3) is 1.88. The van der Waals surface area contributed by atoms with Gasteiger partial charge in [0, 0.05) is 13.1 Å². The van der Waals surface area contributed by atoms with Gasteiger partial charge in [0.05, 0.1) is 12.2 Å². The average molecular weight is 163 g/mol. The summed E-state index contributed by atoms with van der Waals surface area (Å²) in [6.07, 6.45) is -4.55. The van der Waals surface area contributed by atoms with Crippen LogP contribution >= 0.6 is 0 Å². The highest BCUT2D eigenvalue weighted by molar-refractivity contribution is 4.86.